The van der Waals surface area contributed by atoms with Crippen LogP contribution in [0.2, 0.25) is 0 Å². The monoisotopic (exact) mass is 696 g/mol. The summed E-state index contributed by atoms with van der Waals surface area (Å²) in [6.07, 6.45) is -1.46. The largest absolute Gasteiger partial charge is 0.396 e. The summed E-state index contributed by atoms with van der Waals surface area (Å²) >= 11 is 0. The molecular weight excluding hydrogens is 640 g/mol. The van der Waals surface area contributed by atoms with Gasteiger partial charge < -0.3 is 48.5 Å². The number of aliphatic hydroxyl groups excluding tert-OH is 3. The Morgan fingerprint density at radius 3 is 2.16 bits per heavy atom. The molecule has 0 radical (unpaired) electrons. The van der Waals surface area contributed by atoms with Crippen molar-refractivity contribution in [3.63, 3.8) is 0 Å². The van der Waals surface area contributed by atoms with Crippen LogP contribution >= 0.6 is 0 Å². The third kappa shape index (κ3) is 7.18. The van der Waals surface area contributed by atoms with Gasteiger partial charge in [0.1, 0.15) is 23.9 Å². The molecule has 5 heterocycles. The molecule has 5 aliphatic heterocycles. The van der Waals surface area contributed by atoms with Gasteiger partial charge >= 0.3 is 0 Å². The Labute approximate surface area is 296 Å². The van der Waals surface area contributed by atoms with Crippen molar-refractivity contribution in [3.8, 4) is 0 Å². The van der Waals surface area contributed by atoms with Crippen molar-refractivity contribution in [1.29, 1.82) is 0 Å². The number of ether oxygens (including phenoxy) is 7. The molecule has 5 fully saturated rings. The molecule has 5 aliphatic rings. The van der Waals surface area contributed by atoms with Crippen LogP contribution in [0, 0.1) is 5.92 Å². The van der Waals surface area contributed by atoms with E-state index in [0.717, 1.165) is 24.0 Å². The highest BCUT2D eigenvalue weighted by Gasteiger charge is 2.62. The van der Waals surface area contributed by atoms with E-state index in [1.54, 1.807) is 0 Å². The molecule has 276 valence electrons. The first kappa shape index (κ1) is 36.4. The van der Waals surface area contributed by atoms with Gasteiger partial charge in [0.05, 0.1) is 73.8 Å². The molecule has 2 aromatic carbocycles. The van der Waals surface area contributed by atoms with Crippen molar-refractivity contribution in [2.45, 2.75) is 157 Å². The first-order chi connectivity index (χ1) is 24.0. The summed E-state index contributed by atoms with van der Waals surface area (Å²) < 4.78 is 46.7. The summed E-state index contributed by atoms with van der Waals surface area (Å²) in [4.78, 5) is 0. The van der Waals surface area contributed by atoms with Crippen LogP contribution in [0.1, 0.15) is 77.3 Å². The van der Waals surface area contributed by atoms with E-state index in [1.165, 1.54) is 0 Å². The van der Waals surface area contributed by atoms with Gasteiger partial charge in [-0.25, -0.2) is 0 Å². The molecule has 0 aromatic heterocycles. The predicted molar refractivity (Wildman–Crippen MR) is 184 cm³/mol. The normalized spacial score (nSPS) is 44.5. The van der Waals surface area contributed by atoms with Crippen molar-refractivity contribution in [2.75, 3.05) is 13.2 Å². The summed E-state index contributed by atoms with van der Waals surface area (Å²) in [7, 11) is 0. The van der Waals surface area contributed by atoms with Gasteiger partial charge in [0.25, 0.3) is 0 Å². The fourth-order valence-corrected chi connectivity index (χ4v) is 9.03. The smallest absolute Gasteiger partial charge is 0.121 e. The van der Waals surface area contributed by atoms with Gasteiger partial charge in [-0.3, -0.25) is 0 Å². The molecule has 10 heteroatoms. The number of rotatable bonds is 9. The Balaban J connectivity index is 1.08. The Morgan fingerprint density at radius 2 is 1.46 bits per heavy atom. The molecule has 7 rings (SSSR count). The van der Waals surface area contributed by atoms with Crippen molar-refractivity contribution < 1.29 is 48.5 Å². The van der Waals surface area contributed by atoms with Gasteiger partial charge in [0.2, 0.25) is 0 Å². The third-order valence-electron chi connectivity index (χ3n) is 12.2. The quantitative estimate of drug-likeness (QED) is 0.346. The first-order valence-corrected chi connectivity index (χ1v) is 18.6. The van der Waals surface area contributed by atoms with E-state index >= 15 is 0 Å². The second-order valence-electron chi connectivity index (χ2n) is 16.0. The van der Waals surface area contributed by atoms with Crippen LogP contribution in [0.15, 0.2) is 60.7 Å². The standard InChI is InChI=1S/C40H56O10/c1-25-15-16-39(3)33(21-32(42)38(2,50-39)17-18-41)46-29-19-30-36(48-35(25)29)37(43)40(4)34(47-30)20-28(45-23-27-13-9-6-10-14-27)31(49-40)24-44-22-26-11-7-5-8-12-26/h5-14,25,28-37,41-43H,15-24H2,1-4H3/t25-,28+,29-,30+,31-,32-,33+,34-,35+,36+,37+,38+,39-,40-/m0/s1. The highest BCUT2D eigenvalue weighted by Crippen LogP contribution is 2.49. The van der Waals surface area contributed by atoms with E-state index in [1.807, 2.05) is 74.5 Å². The van der Waals surface area contributed by atoms with E-state index in [4.69, 9.17) is 33.2 Å². The van der Waals surface area contributed by atoms with Gasteiger partial charge in [-0.2, -0.15) is 0 Å². The zero-order valence-corrected chi connectivity index (χ0v) is 29.9. The van der Waals surface area contributed by atoms with E-state index in [-0.39, 0.29) is 36.9 Å². The van der Waals surface area contributed by atoms with Crippen molar-refractivity contribution in [3.05, 3.63) is 71.8 Å². The highest BCUT2D eigenvalue weighted by atomic mass is 16.6. The fraction of sp³-hybridized carbons (Fsp3) is 0.700. The predicted octanol–water partition coefficient (Wildman–Crippen LogP) is 4.49. The molecule has 10 nitrogen and oxygen atoms in total. The van der Waals surface area contributed by atoms with E-state index in [9.17, 15) is 15.3 Å². The van der Waals surface area contributed by atoms with Crippen LogP contribution in [-0.2, 0) is 46.4 Å². The number of hydrogen-bond acceptors (Lipinski definition) is 10. The second-order valence-corrected chi connectivity index (χ2v) is 16.0. The average molecular weight is 697 g/mol. The number of hydrogen-bond donors (Lipinski definition) is 3. The lowest BCUT2D eigenvalue weighted by Gasteiger charge is -2.60. The zero-order valence-electron chi connectivity index (χ0n) is 29.9. The molecule has 2 aromatic rings. The van der Waals surface area contributed by atoms with Gasteiger partial charge in [0.15, 0.2) is 0 Å². The lowest BCUT2D eigenvalue weighted by atomic mass is 9.73. The Bertz CT molecular complexity index is 1400. The molecule has 0 amide bonds. The molecule has 3 N–H and O–H groups in total. The molecule has 5 saturated heterocycles. The third-order valence-corrected chi connectivity index (χ3v) is 12.2. The number of benzene rings is 2. The van der Waals surface area contributed by atoms with E-state index < -0.39 is 53.4 Å². The number of aliphatic hydroxyl groups is 3. The van der Waals surface area contributed by atoms with Crippen LogP contribution in [-0.4, -0.2) is 106 Å². The van der Waals surface area contributed by atoms with Crippen LogP contribution in [0.5, 0.6) is 0 Å². The molecule has 0 saturated carbocycles. The summed E-state index contributed by atoms with van der Waals surface area (Å²) in [6, 6.07) is 20.1. The lowest BCUT2D eigenvalue weighted by molar-refractivity contribution is -0.366. The minimum absolute atomic E-state index is 0.0593. The molecule has 0 spiro atoms. The van der Waals surface area contributed by atoms with Gasteiger partial charge in [0, 0.05) is 32.3 Å². The summed E-state index contributed by atoms with van der Waals surface area (Å²) in [6.45, 7) is 9.16. The molecule has 0 bridgehead atoms. The van der Waals surface area contributed by atoms with Gasteiger partial charge in [-0.15, -0.1) is 0 Å². The Kier molecular flexibility index (Phi) is 10.8. The lowest BCUT2D eigenvalue weighted by Crippen LogP contribution is -2.73. The highest BCUT2D eigenvalue weighted by molar-refractivity contribution is 5.15. The maximum atomic E-state index is 12.1. The maximum absolute atomic E-state index is 12.1. The molecular formula is C40H56O10. The topological polar surface area (TPSA) is 125 Å². The molecule has 14 atom stereocenters. The summed E-state index contributed by atoms with van der Waals surface area (Å²) in [5.74, 6) is 0.123. The number of fused-ring (bicyclic) bond motifs is 4. The first-order valence-electron chi connectivity index (χ1n) is 18.6. The van der Waals surface area contributed by atoms with Crippen LogP contribution in [0.3, 0.4) is 0 Å². The summed E-state index contributed by atoms with van der Waals surface area (Å²) in [5.41, 5.74) is -0.359. The van der Waals surface area contributed by atoms with Gasteiger partial charge in [-0.05, 0) is 50.7 Å². The van der Waals surface area contributed by atoms with Crippen LogP contribution in [0.25, 0.3) is 0 Å². The zero-order chi connectivity index (χ0) is 35.1. The van der Waals surface area contributed by atoms with Gasteiger partial charge in [-0.1, -0.05) is 67.6 Å². The minimum Gasteiger partial charge on any atom is -0.396 e. The van der Waals surface area contributed by atoms with Crippen LogP contribution in [0.4, 0.5) is 0 Å². The van der Waals surface area contributed by atoms with Crippen molar-refractivity contribution in [1.82, 2.24) is 0 Å². The summed E-state index contributed by atoms with van der Waals surface area (Å²) in [5, 5.41) is 33.0. The molecule has 0 unspecified atom stereocenters. The fourth-order valence-electron chi connectivity index (χ4n) is 9.03. The Hall–Kier alpha value is -1.96. The SMILES string of the molecule is C[C@H]1CC[C@]2(C)O[C@](C)(CCO)[C@@H](O)C[C@H]2O[C@H]2C[C@H]3O[C@H]4C[C@@H](OCc5ccccc5)[C@H](COCc5ccccc5)O[C@]4(C)[C@H](O)[C@@H]3O[C@@H]21. The Morgan fingerprint density at radius 1 is 0.800 bits per heavy atom. The van der Waals surface area contributed by atoms with Crippen molar-refractivity contribution >= 4 is 0 Å². The minimum atomic E-state index is -1.04. The van der Waals surface area contributed by atoms with Crippen LogP contribution < -0.4 is 0 Å². The molecule has 0 aliphatic carbocycles. The van der Waals surface area contributed by atoms with Crippen molar-refractivity contribution in [2.24, 2.45) is 5.92 Å². The van der Waals surface area contributed by atoms with E-state index in [2.05, 4.69) is 13.8 Å². The molecule has 50 heavy (non-hydrogen) atoms. The van der Waals surface area contributed by atoms with E-state index in [0.29, 0.717) is 45.5 Å². The second kappa shape index (κ2) is 14.8. The average Bonchev–Trinajstić information content (AvgIpc) is 3.10. The maximum Gasteiger partial charge on any atom is 0.121 e.